The monoisotopic (exact) mass is 195 g/mol. The average molecular weight is 195 g/mol. The first-order valence-corrected chi connectivity index (χ1v) is 3.64. The van der Waals surface area contributed by atoms with Crippen molar-refractivity contribution in [1.29, 1.82) is 5.26 Å². The lowest BCUT2D eigenvalue weighted by Gasteiger charge is -2.04. The zero-order valence-electron chi connectivity index (χ0n) is 7.49. The normalized spacial score (nSPS) is 8.21. The van der Waals surface area contributed by atoms with Gasteiger partial charge in [0.1, 0.15) is 18.8 Å². The molecule has 0 aromatic carbocycles. The number of rotatable bonds is 5. The fraction of sp³-hybridized carbons (Fsp3) is 0.222. The van der Waals surface area contributed by atoms with Crippen LogP contribution in [0.15, 0.2) is 25.0 Å². The van der Waals surface area contributed by atoms with Crippen LogP contribution in [0.4, 0.5) is 0 Å². The van der Waals surface area contributed by atoms with Crippen LogP contribution in [-0.4, -0.2) is 18.5 Å². The van der Waals surface area contributed by atoms with Gasteiger partial charge in [0.2, 0.25) is 0 Å². The molecule has 0 saturated carbocycles. The summed E-state index contributed by atoms with van der Waals surface area (Å²) in [5.74, 6) is -1.38. The molecular weight excluding hydrogens is 186 g/mol. The van der Waals surface area contributed by atoms with E-state index in [4.69, 9.17) is 5.26 Å². The molecule has 0 atom stereocenters. The molecule has 0 fully saturated rings. The van der Waals surface area contributed by atoms with Crippen molar-refractivity contribution in [2.24, 2.45) is 0 Å². The van der Waals surface area contributed by atoms with Crippen LogP contribution in [0.1, 0.15) is 6.42 Å². The van der Waals surface area contributed by atoms with Crippen molar-refractivity contribution in [3.8, 4) is 6.07 Å². The summed E-state index contributed by atoms with van der Waals surface area (Å²) in [4.78, 5) is 21.3. The Morgan fingerprint density at radius 3 is 2.64 bits per heavy atom. The van der Waals surface area contributed by atoms with E-state index in [1.807, 2.05) is 0 Å². The van der Waals surface area contributed by atoms with E-state index in [0.717, 1.165) is 6.08 Å². The maximum Gasteiger partial charge on any atom is 0.335 e. The minimum Gasteiger partial charge on any atom is -0.457 e. The molecule has 0 radical (unpaired) electrons. The SMILES string of the molecule is C=CC(=O)OC(=C)COC(=O)CC#N. The second kappa shape index (κ2) is 6.43. The molecule has 5 heteroatoms. The van der Waals surface area contributed by atoms with Crippen molar-refractivity contribution in [1.82, 2.24) is 0 Å². The molecule has 0 aliphatic heterocycles. The van der Waals surface area contributed by atoms with Gasteiger partial charge in [0.15, 0.2) is 0 Å². The first-order chi connectivity index (χ1) is 6.60. The predicted octanol–water partition coefficient (Wildman–Crippen LogP) is 0.686. The number of ether oxygens (including phenoxy) is 2. The van der Waals surface area contributed by atoms with Gasteiger partial charge >= 0.3 is 11.9 Å². The summed E-state index contributed by atoms with van der Waals surface area (Å²) in [6.07, 6.45) is 0.616. The van der Waals surface area contributed by atoms with Crippen molar-refractivity contribution in [2.75, 3.05) is 6.61 Å². The predicted molar refractivity (Wildman–Crippen MR) is 46.6 cm³/mol. The van der Waals surface area contributed by atoms with Crippen LogP contribution in [0, 0.1) is 11.3 Å². The summed E-state index contributed by atoms with van der Waals surface area (Å²) < 4.78 is 9.03. The molecule has 0 heterocycles. The Morgan fingerprint density at radius 1 is 1.50 bits per heavy atom. The van der Waals surface area contributed by atoms with E-state index in [-0.39, 0.29) is 18.8 Å². The van der Waals surface area contributed by atoms with Gasteiger partial charge in [0, 0.05) is 6.08 Å². The van der Waals surface area contributed by atoms with Gasteiger partial charge in [-0.3, -0.25) is 4.79 Å². The number of esters is 2. The van der Waals surface area contributed by atoms with Gasteiger partial charge in [0.25, 0.3) is 0 Å². The molecule has 0 N–H and O–H groups in total. The quantitative estimate of drug-likeness (QED) is 0.366. The molecule has 0 aliphatic carbocycles. The number of hydrogen-bond donors (Lipinski definition) is 0. The molecule has 0 aromatic rings. The molecule has 0 amide bonds. The zero-order valence-corrected chi connectivity index (χ0v) is 7.49. The largest absolute Gasteiger partial charge is 0.457 e. The van der Waals surface area contributed by atoms with E-state index in [9.17, 15) is 9.59 Å². The number of nitrogens with zero attached hydrogens (tertiary/aromatic N) is 1. The highest BCUT2D eigenvalue weighted by atomic mass is 16.6. The van der Waals surface area contributed by atoms with Crippen LogP contribution in [0.3, 0.4) is 0 Å². The lowest BCUT2D eigenvalue weighted by molar-refractivity contribution is -0.145. The van der Waals surface area contributed by atoms with E-state index in [2.05, 4.69) is 22.6 Å². The van der Waals surface area contributed by atoms with Gasteiger partial charge in [-0.1, -0.05) is 13.2 Å². The third-order valence-electron chi connectivity index (χ3n) is 1.03. The molecule has 0 unspecified atom stereocenters. The van der Waals surface area contributed by atoms with Crippen molar-refractivity contribution in [3.63, 3.8) is 0 Å². The molecule has 5 nitrogen and oxygen atoms in total. The summed E-state index contributed by atoms with van der Waals surface area (Å²) in [6.45, 7) is 6.25. The van der Waals surface area contributed by atoms with Crippen molar-refractivity contribution < 1.29 is 19.1 Å². The Morgan fingerprint density at radius 2 is 2.14 bits per heavy atom. The van der Waals surface area contributed by atoms with Crippen LogP contribution < -0.4 is 0 Å². The highest BCUT2D eigenvalue weighted by Gasteiger charge is 2.05. The second-order valence-corrected chi connectivity index (χ2v) is 2.16. The Hall–Kier alpha value is -2.09. The van der Waals surface area contributed by atoms with Gasteiger partial charge in [-0.15, -0.1) is 0 Å². The van der Waals surface area contributed by atoms with Crippen molar-refractivity contribution in [2.45, 2.75) is 6.42 Å². The van der Waals surface area contributed by atoms with Gasteiger partial charge in [-0.2, -0.15) is 5.26 Å². The Kier molecular flexibility index (Phi) is 5.47. The first kappa shape index (κ1) is 11.9. The topological polar surface area (TPSA) is 76.4 Å². The Labute approximate surface area is 81.2 Å². The summed E-state index contributed by atoms with van der Waals surface area (Å²) in [5.41, 5.74) is 0. The van der Waals surface area contributed by atoms with E-state index in [1.54, 1.807) is 6.07 Å². The molecule has 0 saturated heterocycles. The van der Waals surface area contributed by atoms with Crippen LogP contribution in [0.2, 0.25) is 0 Å². The minimum atomic E-state index is -0.691. The van der Waals surface area contributed by atoms with Crippen LogP contribution in [0.5, 0.6) is 0 Å². The molecule has 0 bridgehead atoms. The van der Waals surface area contributed by atoms with E-state index < -0.39 is 11.9 Å². The third kappa shape index (κ3) is 5.55. The van der Waals surface area contributed by atoms with E-state index in [0.29, 0.717) is 0 Å². The zero-order chi connectivity index (χ0) is 11.0. The Bertz CT molecular complexity index is 300. The van der Waals surface area contributed by atoms with E-state index >= 15 is 0 Å². The molecule has 0 rings (SSSR count). The van der Waals surface area contributed by atoms with Crippen LogP contribution >= 0.6 is 0 Å². The maximum absolute atomic E-state index is 10.7. The highest BCUT2D eigenvalue weighted by Crippen LogP contribution is 1.97. The fourth-order valence-corrected chi connectivity index (χ4v) is 0.490. The molecule has 14 heavy (non-hydrogen) atoms. The number of nitriles is 1. The lowest BCUT2D eigenvalue weighted by atomic mass is 10.5. The molecular formula is C9H9NO4. The summed E-state index contributed by atoms with van der Waals surface area (Å²) >= 11 is 0. The number of hydrogen-bond acceptors (Lipinski definition) is 5. The number of carbonyl (C=O) groups is 2. The molecule has 74 valence electrons. The molecule has 0 aromatic heterocycles. The van der Waals surface area contributed by atoms with Crippen LogP contribution in [0.25, 0.3) is 0 Å². The summed E-state index contributed by atoms with van der Waals surface area (Å²) in [5, 5.41) is 8.11. The Balaban J connectivity index is 3.75. The summed E-state index contributed by atoms with van der Waals surface area (Å²) in [7, 11) is 0. The minimum absolute atomic E-state index is 0.0128. The third-order valence-corrected chi connectivity index (χ3v) is 1.03. The van der Waals surface area contributed by atoms with Gasteiger partial charge in [-0.05, 0) is 0 Å². The van der Waals surface area contributed by atoms with Crippen molar-refractivity contribution >= 4 is 11.9 Å². The van der Waals surface area contributed by atoms with Crippen LogP contribution in [-0.2, 0) is 19.1 Å². The fourth-order valence-electron chi connectivity index (χ4n) is 0.490. The van der Waals surface area contributed by atoms with E-state index in [1.165, 1.54) is 0 Å². The average Bonchev–Trinajstić information content (AvgIpc) is 2.15. The smallest absolute Gasteiger partial charge is 0.335 e. The van der Waals surface area contributed by atoms with Gasteiger partial charge in [0.05, 0.1) is 6.07 Å². The molecule has 0 aliphatic rings. The molecule has 0 spiro atoms. The first-order valence-electron chi connectivity index (χ1n) is 3.64. The second-order valence-electron chi connectivity index (χ2n) is 2.16. The highest BCUT2D eigenvalue weighted by molar-refractivity contribution is 5.82. The van der Waals surface area contributed by atoms with Gasteiger partial charge in [-0.25, -0.2) is 4.79 Å². The van der Waals surface area contributed by atoms with Crippen molar-refractivity contribution in [3.05, 3.63) is 25.0 Å². The standard InChI is InChI=1S/C9H9NO4/c1-3-8(11)14-7(2)6-13-9(12)4-5-10/h3H,1-2,4,6H2. The summed E-state index contributed by atoms with van der Waals surface area (Å²) in [6, 6.07) is 1.62. The van der Waals surface area contributed by atoms with Gasteiger partial charge < -0.3 is 9.47 Å². The number of carbonyl (C=O) groups excluding carboxylic acids is 2. The maximum atomic E-state index is 10.7. The lowest BCUT2D eigenvalue weighted by Crippen LogP contribution is -2.09.